The molecule has 35 heavy (non-hydrogen) atoms. The SMILES string of the molecule is CC(C)(CC#N)c1c([C@@H]2CO[C@H](C(=O)O)C2)c2c(F)c3[nH]ncc3cc2n1-c1ccc(F)c(F)c1. The third-order valence-corrected chi connectivity index (χ3v) is 6.65. The van der Waals surface area contributed by atoms with Crippen LogP contribution in [0.2, 0.25) is 0 Å². The summed E-state index contributed by atoms with van der Waals surface area (Å²) in [5.41, 5.74) is 0.920. The Morgan fingerprint density at radius 2 is 2.09 bits per heavy atom. The van der Waals surface area contributed by atoms with E-state index in [-0.39, 0.29) is 36.0 Å². The van der Waals surface area contributed by atoms with E-state index >= 15 is 4.39 Å². The van der Waals surface area contributed by atoms with Gasteiger partial charge >= 0.3 is 5.97 Å². The molecule has 0 spiro atoms. The smallest absolute Gasteiger partial charge is 0.332 e. The zero-order valence-corrected chi connectivity index (χ0v) is 18.9. The Kier molecular flexibility index (Phi) is 5.33. The third-order valence-electron chi connectivity index (χ3n) is 6.65. The molecule has 7 nitrogen and oxygen atoms in total. The summed E-state index contributed by atoms with van der Waals surface area (Å²) in [5, 5.41) is 26.3. The van der Waals surface area contributed by atoms with Gasteiger partial charge in [-0.05, 0) is 30.2 Å². The zero-order valence-electron chi connectivity index (χ0n) is 18.9. The standard InChI is InChI=1S/C25H21F3N4O3/c1-25(2,5-6-29)23-19(13-8-18(24(33)34)35-11-13)20-17(7-12-10-30-31-22(12)21(20)28)32(23)14-3-4-15(26)16(27)9-14/h3-4,7,9-10,13,18H,5,8,11H2,1-2H3,(H,30,31)(H,33,34)/t13-,18-/m0/s1. The number of rotatable bonds is 5. The molecule has 2 aromatic carbocycles. The highest BCUT2D eigenvalue weighted by Crippen LogP contribution is 2.47. The lowest BCUT2D eigenvalue weighted by Gasteiger charge is -2.28. The normalized spacial score (nSPS) is 18.4. The Balaban J connectivity index is 1.93. The number of nitrogens with zero attached hydrogens (tertiary/aromatic N) is 3. The van der Waals surface area contributed by atoms with Crippen LogP contribution in [0, 0.1) is 28.8 Å². The minimum atomic E-state index is -1.12. The first-order valence-corrected chi connectivity index (χ1v) is 11.0. The number of nitriles is 1. The Labute approximate surface area is 197 Å². The van der Waals surface area contributed by atoms with Crippen molar-refractivity contribution in [3.8, 4) is 11.8 Å². The van der Waals surface area contributed by atoms with E-state index in [1.54, 1.807) is 24.5 Å². The molecule has 5 rings (SSSR count). The number of hydrogen-bond donors (Lipinski definition) is 2. The van der Waals surface area contributed by atoms with Crippen molar-refractivity contribution < 1.29 is 27.8 Å². The summed E-state index contributed by atoms with van der Waals surface area (Å²) in [6, 6.07) is 7.24. The molecule has 2 aromatic heterocycles. The van der Waals surface area contributed by atoms with Gasteiger partial charge in [0.1, 0.15) is 5.52 Å². The lowest BCUT2D eigenvalue weighted by molar-refractivity contribution is -0.147. The molecule has 2 atom stereocenters. The number of halogens is 3. The number of fused-ring (bicyclic) bond motifs is 2. The van der Waals surface area contributed by atoms with Crippen LogP contribution in [0.1, 0.15) is 43.9 Å². The topological polar surface area (TPSA) is 104 Å². The molecule has 4 aromatic rings. The Morgan fingerprint density at radius 1 is 1.31 bits per heavy atom. The second-order valence-electron chi connectivity index (χ2n) is 9.43. The second-order valence-corrected chi connectivity index (χ2v) is 9.43. The Bertz CT molecular complexity index is 1530. The van der Waals surface area contributed by atoms with Gasteiger partial charge in [-0.2, -0.15) is 10.4 Å². The van der Waals surface area contributed by atoms with E-state index in [0.29, 0.717) is 22.2 Å². The average molecular weight is 482 g/mol. The fourth-order valence-electron chi connectivity index (χ4n) is 5.07. The monoisotopic (exact) mass is 482 g/mol. The van der Waals surface area contributed by atoms with Crippen molar-refractivity contribution in [2.24, 2.45) is 0 Å². The number of carboxylic acids is 1. The van der Waals surface area contributed by atoms with Crippen LogP contribution in [-0.4, -0.2) is 38.6 Å². The highest BCUT2D eigenvalue weighted by atomic mass is 19.2. The van der Waals surface area contributed by atoms with Gasteiger partial charge in [0, 0.05) is 46.0 Å². The molecule has 0 unspecified atom stereocenters. The number of carbonyl (C=O) groups is 1. The van der Waals surface area contributed by atoms with Crippen LogP contribution in [0.25, 0.3) is 27.5 Å². The predicted octanol–water partition coefficient (Wildman–Crippen LogP) is 5.07. The number of aromatic nitrogens is 3. The molecule has 10 heteroatoms. The van der Waals surface area contributed by atoms with Crippen LogP contribution in [-0.2, 0) is 14.9 Å². The van der Waals surface area contributed by atoms with Gasteiger partial charge in [0.05, 0.1) is 24.4 Å². The molecule has 3 heterocycles. The summed E-state index contributed by atoms with van der Waals surface area (Å²) in [7, 11) is 0. The van der Waals surface area contributed by atoms with Gasteiger partial charge in [0.2, 0.25) is 0 Å². The molecule has 1 fully saturated rings. The van der Waals surface area contributed by atoms with Crippen molar-refractivity contribution in [1.82, 2.24) is 14.8 Å². The van der Waals surface area contributed by atoms with Gasteiger partial charge in [-0.3, -0.25) is 5.10 Å². The Morgan fingerprint density at radius 3 is 2.74 bits per heavy atom. The highest BCUT2D eigenvalue weighted by molar-refractivity contribution is 6.00. The molecule has 180 valence electrons. The van der Waals surface area contributed by atoms with Crippen molar-refractivity contribution in [2.75, 3.05) is 6.61 Å². The van der Waals surface area contributed by atoms with E-state index in [2.05, 4.69) is 16.3 Å². The Hall–Kier alpha value is -3.84. The van der Waals surface area contributed by atoms with E-state index in [0.717, 1.165) is 12.1 Å². The summed E-state index contributed by atoms with van der Waals surface area (Å²) in [4.78, 5) is 11.6. The molecule has 0 saturated carbocycles. The molecule has 0 bridgehead atoms. The number of benzene rings is 2. The molecule has 1 aliphatic rings. The van der Waals surface area contributed by atoms with E-state index in [1.807, 2.05) is 0 Å². The highest BCUT2D eigenvalue weighted by Gasteiger charge is 2.40. The summed E-state index contributed by atoms with van der Waals surface area (Å²) < 4.78 is 51.4. The van der Waals surface area contributed by atoms with Crippen LogP contribution in [0.5, 0.6) is 0 Å². The van der Waals surface area contributed by atoms with E-state index < -0.39 is 40.9 Å². The number of nitrogens with one attached hydrogen (secondary N) is 1. The van der Waals surface area contributed by atoms with Crippen molar-refractivity contribution in [2.45, 2.75) is 44.1 Å². The molecule has 0 radical (unpaired) electrons. The van der Waals surface area contributed by atoms with Gasteiger partial charge in [0.25, 0.3) is 0 Å². The van der Waals surface area contributed by atoms with E-state index in [4.69, 9.17) is 4.74 Å². The number of hydrogen-bond acceptors (Lipinski definition) is 4. The summed E-state index contributed by atoms with van der Waals surface area (Å²) in [5.74, 6) is -4.33. The first-order valence-electron chi connectivity index (χ1n) is 11.0. The van der Waals surface area contributed by atoms with Crippen molar-refractivity contribution in [3.05, 3.63) is 59.2 Å². The van der Waals surface area contributed by atoms with Gasteiger partial charge in [-0.1, -0.05) is 13.8 Å². The maximum atomic E-state index is 16.1. The lowest BCUT2D eigenvalue weighted by atomic mass is 9.79. The molecular weight excluding hydrogens is 461 g/mol. The molecule has 1 saturated heterocycles. The molecule has 1 aliphatic heterocycles. The van der Waals surface area contributed by atoms with Crippen molar-refractivity contribution in [1.29, 1.82) is 5.26 Å². The lowest BCUT2D eigenvalue weighted by Crippen LogP contribution is -2.24. The fraction of sp³-hybridized carbons (Fsp3) is 0.320. The third kappa shape index (κ3) is 3.54. The minimum absolute atomic E-state index is 0.0317. The van der Waals surface area contributed by atoms with Crippen LogP contribution < -0.4 is 0 Å². The van der Waals surface area contributed by atoms with Gasteiger partial charge < -0.3 is 14.4 Å². The number of aliphatic carboxylic acids is 1. The minimum Gasteiger partial charge on any atom is -0.479 e. The summed E-state index contributed by atoms with van der Waals surface area (Å²) in [6.07, 6.45) is 0.533. The summed E-state index contributed by atoms with van der Waals surface area (Å²) in [6.45, 7) is 3.64. The van der Waals surface area contributed by atoms with E-state index in [1.165, 1.54) is 12.3 Å². The number of H-pyrrole nitrogens is 1. The quantitative estimate of drug-likeness (QED) is 0.413. The zero-order chi connectivity index (χ0) is 25.1. The predicted molar refractivity (Wildman–Crippen MR) is 121 cm³/mol. The largest absolute Gasteiger partial charge is 0.479 e. The van der Waals surface area contributed by atoms with Crippen LogP contribution in [0.3, 0.4) is 0 Å². The summed E-state index contributed by atoms with van der Waals surface area (Å²) >= 11 is 0. The van der Waals surface area contributed by atoms with Gasteiger partial charge in [0.15, 0.2) is 23.6 Å². The average Bonchev–Trinajstić information content (AvgIpc) is 3.52. The van der Waals surface area contributed by atoms with Crippen LogP contribution in [0.15, 0.2) is 30.5 Å². The van der Waals surface area contributed by atoms with Crippen LogP contribution >= 0.6 is 0 Å². The first kappa shape index (κ1) is 22.9. The number of ether oxygens (including phenoxy) is 1. The molecular formula is C25H21F3N4O3. The molecule has 0 aliphatic carbocycles. The first-order chi connectivity index (χ1) is 16.6. The maximum Gasteiger partial charge on any atom is 0.332 e. The second kappa shape index (κ2) is 8.13. The van der Waals surface area contributed by atoms with Crippen molar-refractivity contribution in [3.63, 3.8) is 0 Å². The molecule has 2 N–H and O–H groups in total. The van der Waals surface area contributed by atoms with Gasteiger partial charge in [-0.25, -0.2) is 18.0 Å². The van der Waals surface area contributed by atoms with Crippen LogP contribution in [0.4, 0.5) is 13.2 Å². The van der Waals surface area contributed by atoms with Gasteiger partial charge in [-0.15, -0.1) is 0 Å². The van der Waals surface area contributed by atoms with Crippen molar-refractivity contribution >= 4 is 27.8 Å². The van der Waals surface area contributed by atoms with E-state index in [9.17, 15) is 23.9 Å². The number of aromatic amines is 1. The fourth-order valence-corrected chi connectivity index (χ4v) is 5.07. The number of carboxylic acid groups (broad SMARTS) is 1. The molecule has 0 amide bonds. The maximum absolute atomic E-state index is 16.1.